The van der Waals surface area contributed by atoms with Gasteiger partial charge in [0.1, 0.15) is 11.0 Å². The quantitative estimate of drug-likeness (QED) is 0.455. The SMILES string of the molecule is CC(C)CN(CCN(C)C)C(=O)c1cc(Cl)nc(NN)c1. The minimum atomic E-state index is -0.0636. The molecule has 118 valence electrons. The number of nitrogens with one attached hydrogen (secondary N) is 1. The summed E-state index contributed by atoms with van der Waals surface area (Å²) < 4.78 is 0. The second kappa shape index (κ2) is 8.17. The Morgan fingerprint density at radius 3 is 2.57 bits per heavy atom. The van der Waals surface area contributed by atoms with E-state index in [1.54, 1.807) is 12.1 Å². The molecule has 0 aliphatic rings. The molecular formula is C14H24ClN5O. The summed E-state index contributed by atoms with van der Waals surface area (Å²) in [6, 6.07) is 3.17. The summed E-state index contributed by atoms with van der Waals surface area (Å²) in [5.74, 6) is 6.04. The van der Waals surface area contributed by atoms with Gasteiger partial charge < -0.3 is 15.2 Å². The van der Waals surface area contributed by atoms with E-state index >= 15 is 0 Å². The number of hydrogen-bond donors (Lipinski definition) is 2. The number of aromatic nitrogens is 1. The lowest BCUT2D eigenvalue weighted by Gasteiger charge is -2.26. The van der Waals surface area contributed by atoms with Crippen LogP contribution in [0.4, 0.5) is 5.82 Å². The molecule has 7 heteroatoms. The number of nitrogens with two attached hydrogens (primary N) is 1. The number of likely N-dealkylation sites (N-methyl/N-ethyl adjacent to an activating group) is 1. The van der Waals surface area contributed by atoms with E-state index in [0.29, 0.717) is 30.4 Å². The molecule has 0 atom stereocenters. The molecule has 21 heavy (non-hydrogen) atoms. The molecule has 3 N–H and O–H groups in total. The lowest BCUT2D eigenvalue weighted by atomic mass is 10.1. The smallest absolute Gasteiger partial charge is 0.254 e. The van der Waals surface area contributed by atoms with E-state index in [0.717, 1.165) is 6.54 Å². The van der Waals surface area contributed by atoms with Crippen LogP contribution in [0.3, 0.4) is 0 Å². The third kappa shape index (κ3) is 5.87. The molecule has 1 heterocycles. The van der Waals surface area contributed by atoms with Crippen LogP contribution < -0.4 is 11.3 Å². The Labute approximate surface area is 131 Å². The van der Waals surface area contributed by atoms with Crippen LogP contribution in [-0.2, 0) is 0 Å². The van der Waals surface area contributed by atoms with Crippen LogP contribution in [0.25, 0.3) is 0 Å². The Balaban J connectivity index is 2.95. The Kier molecular flexibility index (Phi) is 6.87. The highest BCUT2D eigenvalue weighted by molar-refractivity contribution is 6.29. The molecule has 1 aromatic rings. The Hall–Kier alpha value is -1.37. The van der Waals surface area contributed by atoms with Crippen molar-refractivity contribution < 1.29 is 4.79 Å². The van der Waals surface area contributed by atoms with Crippen molar-refractivity contribution in [1.29, 1.82) is 0 Å². The summed E-state index contributed by atoms with van der Waals surface area (Å²) >= 11 is 5.93. The van der Waals surface area contributed by atoms with E-state index in [-0.39, 0.29) is 11.1 Å². The summed E-state index contributed by atoms with van der Waals surface area (Å²) in [6.45, 7) is 6.33. The number of hydrazine groups is 1. The average molecular weight is 314 g/mol. The Morgan fingerprint density at radius 1 is 1.38 bits per heavy atom. The summed E-state index contributed by atoms with van der Waals surface area (Å²) in [5, 5.41) is 0.242. The standard InChI is InChI=1S/C14H24ClN5O/c1-10(2)9-20(6-5-19(3)4)14(21)11-7-12(15)17-13(8-11)18-16/h7-8,10H,5-6,9,16H2,1-4H3,(H,17,18). The summed E-state index contributed by atoms with van der Waals surface area (Å²) in [6.07, 6.45) is 0. The van der Waals surface area contributed by atoms with Gasteiger partial charge in [-0.05, 0) is 32.1 Å². The van der Waals surface area contributed by atoms with Gasteiger partial charge in [0, 0.05) is 25.2 Å². The van der Waals surface area contributed by atoms with Gasteiger partial charge in [-0.25, -0.2) is 10.8 Å². The van der Waals surface area contributed by atoms with Gasteiger partial charge >= 0.3 is 0 Å². The van der Waals surface area contributed by atoms with Gasteiger partial charge in [0.15, 0.2) is 0 Å². The fourth-order valence-electron chi connectivity index (χ4n) is 1.91. The van der Waals surface area contributed by atoms with Crippen molar-refractivity contribution in [3.8, 4) is 0 Å². The number of carbonyl (C=O) groups is 1. The number of nitrogen functional groups attached to an aromatic ring is 1. The van der Waals surface area contributed by atoms with Gasteiger partial charge in [0.25, 0.3) is 5.91 Å². The van der Waals surface area contributed by atoms with E-state index < -0.39 is 0 Å². The predicted molar refractivity (Wildman–Crippen MR) is 86.4 cm³/mol. The highest BCUT2D eigenvalue weighted by atomic mass is 35.5. The summed E-state index contributed by atoms with van der Waals surface area (Å²) in [5.41, 5.74) is 2.91. The van der Waals surface area contributed by atoms with E-state index in [1.807, 2.05) is 23.9 Å². The van der Waals surface area contributed by atoms with E-state index in [1.165, 1.54) is 0 Å². The van der Waals surface area contributed by atoms with Gasteiger partial charge in [-0.3, -0.25) is 4.79 Å². The molecule has 0 aliphatic carbocycles. The van der Waals surface area contributed by atoms with Crippen LogP contribution in [0.15, 0.2) is 12.1 Å². The predicted octanol–water partition coefficient (Wildman–Crippen LogP) is 1.68. The van der Waals surface area contributed by atoms with E-state index in [4.69, 9.17) is 17.4 Å². The van der Waals surface area contributed by atoms with E-state index in [9.17, 15) is 4.79 Å². The molecule has 1 aromatic heterocycles. The first-order valence-corrected chi connectivity index (χ1v) is 7.29. The Morgan fingerprint density at radius 2 is 2.05 bits per heavy atom. The minimum Gasteiger partial charge on any atom is -0.337 e. The van der Waals surface area contributed by atoms with Crippen LogP contribution in [-0.4, -0.2) is 54.4 Å². The third-order valence-corrected chi connectivity index (χ3v) is 3.07. The topological polar surface area (TPSA) is 74.5 Å². The molecule has 0 unspecified atom stereocenters. The molecule has 1 rings (SSSR count). The van der Waals surface area contributed by atoms with Crippen LogP contribution in [0.2, 0.25) is 5.15 Å². The molecule has 0 saturated heterocycles. The number of anilines is 1. The number of rotatable bonds is 7. The zero-order valence-electron chi connectivity index (χ0n) is 13.1. The van der Waals surface area contributed by atoms with Gasteiger partial charge in [-0.15, -0.1) is 0 Å². The monoisotopic (exact) mass is 313 g/mol. The molecule has 0 bridgehead atoms. The zero-order valence-corrected chi connectivity index (χ0v) is 13.8. The van der Waals surface area contributed by atoms with Gasteiger partial charge in [0.05, 0.1) is 0 Å². The highest BCUT2D eigenvalue weighted by Crippen LogP contribution is 2.16. The molecule has 1 amide bonds. The van der Waals surface area contributed by atoms with Gasteiger partial charge in [-0.1, -0.05) is 25.4 Å². The maximum atomic E-state index is 12.7. The van der Waals surface area contributed by atoms with Gasteiger partial charge in [-0.2, -0.15) is 0 Å². The van der Waals surface area contributed by atoms with Crippen LogP contribution in [0.1, 0.15) is 24.2 Å². The molecule has 0 aliphatic heterocycles. The Bertz CT molecular complexity index is 478. The number of halogens is 1. The number of nitrogens with zero attached hydrogens (tertiary/aromatic N) is 3. The lowest BCUT2D eigenvalue weighted by Crippen LogP contribution is -2.39. The highest BCUT2D eigenvalue weighted by Gasteiger charge is 2.18. The van der Waals surface area contributed by atoms with Crippen molar-refractivity contribution >= 4 is 23.3 Å². The molecular weight excluding hydrogens is 290 g/mol. The van der Waals surface area contributed by atoms with Crippen molar-refractivity contribution in [2.45, 2.75) is 13.8 Å². The second-order valence-corrected chi connectivity index (χ2v) is 6.04. The molecule has 0 saturated carbocycles. The molecule has 0 fully saturated rings. The first-order chi connectivity index (χ1) is 9.83. The van der Waals surface area contributed by atoms with Crippen LogP contribution >= 0.6 is 11.6 Å². The summed E-state index contributed by atoms with van der Waals surface area (Å²) in [4.78, 5) is 20.5. The molecule has 0 spiro atoms. The first-order valence-electron chi connectivity index (χ1n) is 6.91. The maximum absolute atomic E-state index is 12.7. The van der Waals surface area contributed by atoms with Crippen molar-refractivity contribution in [2.75, 3.05) is 39.2 Å². The van der Waals surface area contributed by atoms with Crippen molar-refractivity contribution in [3.63, 3.8) is 0 Å². The van der Waals surface area contributed by atoms with Crippen molar-refractivity contribution in [2.24, 2.45) is 11.8 Å². The number of amides is 1. The lowest BCUT2D eigenvalue weighted by molar-refractivity contribution is 0.0724. The van der Waals surface area contributed by atoms with Crippen LogP contribution in [0.5, 0.6) is 0 Å². The van der Waals surface area contributed by atoms with Crippen molar-refractivity contribution in [1.82, 2.24) is 14.8 Å². The zero-order chi connectivity index (χ0) is 16.0. The normalized spacial score (nSPS) is 11.0. The first kappa shape index (κ1) is 17.7. The maximum Gasteiger partial charge on any atom is 0.254 e. The van der Waals surface area contributed by atoms with Crippen LogP contribution in [0, 0.1) is 5.92 Å². The number of hydrogen-bond acceptors (Lipinski definition) is 5. The van der Waals surface area contributed by atoms with E-state index in [2.05, 4.69) is 24.3 Å². The van der Waals surface area contributed by atoms with Gasteiger partial charge in [0.2, 0.25) is 0 Å². The minimum absolute atomic E-state index is 0.0636. The number of carbonyl (C=O) groups excluding carboxylic acids is 1. The third-order valence-electron chi connectivity index (χ3n) is 2.88. The average Bonchev–Trinajstić information content (AvgIpc) is 2.41. The molecule has 6 nitrogen and oxygen atoms in total. The molecule has 0 radical (unpaired) electrons. The number of pyridine rings is 1. The molecule has 0 aromatic carbocycles. The van der Waals surface area contributed by atoms with Crippen molar-refractivity contribution in [3.05, 3.63) is 22.8 Å². The second-order valence-electron chi connectivity index (χ2n) is 5.66. The largest absolute Gasteiger partial charge is 0.337 e. The fourth-order valence-corrected chi connectivity index (χ4v) is 2.12. The summed E-state index contributed by atoms with van der Waals surface area (Å²) in [7, 11) is 3.97. The fraction of sp³-hybridized carbons (Fsp3) is 0.571.